The van der Waals surface area contributed by atoms with Gasteiger partial charge in [-0.25, -0.2) is 9.37 Å². The molecule has 1 N–H and O–H groups in total. The second-order valence-electron chi connectivity index (χ2n) is 5.85. The molecule has 0 unspecified atom stereocenters. The van der Waals surface area contributed by atoms with Crippen LogP contribution in [0.4, 0.5) is 4.39 Å². The van der Waals surface area contributed by atoms with Gasteiger partial charge in [0.15, 0.2) is 0 Å². The fraction of sp³-hybridized carbons (Fsp3) is 0.250. The van der Waals surface area contributed by atoms with Crippen molar-refractivity contribution in [2.45, 2.75) is 26.1 Å². The molecule has 26 heavy (non-hydrogen) atoms. The first-order valence-electron chi connectivity index (χ1n) is 8.43. The Kier molecular flexibility index (Phi) is 8.12. The number of hydrogen-bond donors (Lipinski definition) is 1. The van der Waals surface area contributed by atoms with Gasteiger partial charge in [-0.3, -0.25) is 0 Å². The Morgan fingerprint density at radius 3 is 2.65 bits per heavy atom. The number of hydrogen-bond acceptors (Lipinski definition) is 3. The topological polar surface area (TPSA) is 39.1 Å². The highest BCUT2D eigenvalue weighted by atomic mass is 35.5. The molecule has 4 nitrogen and oxygen atoms in total. The SMILES string of the molecule is Cl.Fc1ccc(COc2ccccc2CNCCCn2ccnc2)cc1. The smallest absolute Gasteiger partial charge is 0.124 e. The summed E-state index contributed by atoms with van der Waals surface area (Å²) in [4.78, 5) is 4.04. The lowest BCUT2D eigenvalue weighted by Gasteiger charge is -2.12. The molecule has 0 bridgehead atoms. The highest BCUT2D eigenvalue weighted by Crippen LogP contribution is 2.19. The number of aryl methyl sites for hydroxylation is 1. The summed E-state index contributed by atoms with van der Waals surface area (Å²) in [5, 5.41) is 3.45. The van der Waals surface area contributed by atoms with E-state index >= 15 is 0 Å². The molecular weight excluding hydrogens is 353 g/mol. The zero-order valence-corrected chi connectivity index (χ0v) is 15.3. The molecule has 0 aliphatic rings. The summed E-state index contributed by atoms with van der Waals surface area (Å²) < 4.78 is 20.9. The third-order valence-corrected chi connectivity index (χ3v) is 3.92. The van der Waals surface area contributed by atoms with Gasteiger partial charge in [-0.15, -0.1) is 12.4 Å². The van der Waals surface area contributed by atoms with Gasteiger partial charge in [-0.2, -0.15) is 0 Å². The van der Waals surface area contributed by atoms with E-state index in [1.165, 1.54) is 12.1 Å². The first kappa shape index (κ1) is 19.9. The maximum absolute atomic E-state index is 13.0. The second kappa shape index (κ2) is 10.6. The average Bonchev–Trinajstić information content (AvgIpc) is 3.15. The molecule has 0 fully saturated rings. The van der Waals surface area contributed by atoms with Crippen molar-refractivity contribution >= 4 is 12.4 Å². The van der Waals surface area contributed by atoms with E-state index in [1.807, 2.05) is 30.7 Å². The van der Waals surface area contributed by atoms with Gasteiger partial charge < -0.3 is 14.6 Å². The van der Waals surface area contributed by atoms with Gasteiger partial charge in [0.05, 0.1) is 6.33 Å². The van der Waals surface area contributed by atoms with Crippen LogP contribution >= 0.6 is 12.4 Å². The summed E-state index contributed by atoms with van der Waals surface area (Å²) in [6.45, 7) is 3.06. The summed E-state index contributed by atoms with van der Waals surface area (Å²) >= 11 is 0. The number of halogens is 2. The number of nitrogens with one attached hydrogen (secondary N) is 1. The van der Waals surface area contributed by atoms with Crippen molar-refractivity contribution in [3.63, 3.8) is 0 Å². The predicted octanol–water partition coefficient (Wildman–Crippen LogP) is 4.20. The molecule has 3 aromatic rings. The number of nitrogens with zero attached hydrogens (tertiary/aromatic N) is 2. The average molecular weight is 376 g/mol. The first-order valence-corrected chi connectivity index (χ1v) is 8.43. The largest absolute Gasteiger partial charge is 0.489 e. The third kappa shape index (κ3) is 6.17. The molecule has 1 heterocycles. The summed E-state index contributed by atoms with van der Waals surface area (Å²) in [7, 11) is 0. The monoisotopic (exact) mass is 375 g/mol. The lowest BCUT2D eigenvalue weighted by atomic mass is 10.2. The Balaban J connectivity index is 0.00000243. The van der Waals surface area contributed by atoms with Gasteiger partial charge in [0, 0.05) is 31.0 Å². The molecule has 6 heteroatoms. The fourth-order valence-corrected chi connectivity index (χ4v) is 2.56. The fourth-order valence-electron chi connectivity index (χ4n) is 2.56. The highest BCUT2D eigenvalue weighted by Gasteiger charge is 2.03. The molecule has 0 atom stereocenters. The summed E-state index contributed by atoms with van der Waals surface area (Å²) in [5.41, 5.74) is 2.07. The Hall–Kier alpha value is -2.37. The van der Waals surface area contributed by atoms with E-state index in [4.69, 9.17) is 4.74 Å². The number of imidazole rings is 1. The van der Waals surface area contributed by atoms with Crippen molar-refractivity contribution in [1.29, 1.82) is 0 Å². The molecule has 0 amide bonds. The van der Waals surface area contributed by atoms with Gasteiger partial charge in [-0.05, 0) is 36.7 Å². The normalized spacial score (nSPS) is 10.3. The van der Waals surface area contributed by atoms with Crippen molar-refractivity contribution in [3.05, 3.63) is 84.2 Å². The Bertz CT molecular complexity index is 763. The number of ether oxygens (including phenoxy) is 1. The molecular formula is C20H23ClFN3O. The van der Waals surface area contributed by atoms with Crippen LogP contribution in [-0.2, 0) is 19.7 Å². The van der Waals surface area contributed by atoms with Crippen molar-refractivity contribution < 1.29 is 9.13 Å². The third-order valence-electron chi connectivity index (χ3n) is 3.92. The Morgan fingerprint density at radius 1 is 1.08 bits per heavy atom. The number of rotatable bonds is 9. The molecule has 138 valence electrons. The second-order valence-corrected chi connectivity index (χ2v) is 5.85. The van der Waals surface area contributed by atoms with E-state index in [0.717, 1.165) is 42.9 Å². The quantitative estimate of drug-likeness (QED) is 0.569. The van der Waals surface area contributed by atoms with E-state index < -0.39 is 0 Å². The number of aromatic nitrogens is 2. The van der Waals surface area contributed by atoms with Crippen LogP contribution < -0.4 is 10.1 Å². The molecule has 0 saturated heterocycles. The van der Waals surface area contributed by atoms with E-state index in [9.17, 15) is 4.39 Å². The summed E-state index contributed by atoms with van der Waals surface area (Å²) in [6.07, 6.45) is 6.63. The number of para-hydroxylation sites is 1. The number of benzene rings is 2. The molecule has 0 aliphatic carbocycles. The minimum Gasteiger partial charge on any atom is -0.489 e. The van der Waals surface area contributed by atoms with Crippen molar-refractivity contribution in [2.24, 2.45) is 0 Å². The van der Waals surface area contributed by atoms with Gasteiger partial charge in [0.25, 0.3) is 0 Å². The van der Waals surface area contributed by atoms with Crippen LogP contribution in [0.25, 0.3) is 0 Å². The van der Waals surface area contributed by atoms with Gasteiger partial charge in [0.2, 0.25) is 0 Å². The maximum Gasteiger partial charge on any atom is 0.124 e. The predicted molar refractivity (Wildman–Crippen MR) is 103 cm³/mol. The van der Waals surface area contributed by atoms with Crippen molar-refractivity contribution in [2.75, 3.05) is 6.54 Å². The van der Waals surface area contributed by atoms with Crippen LogP contribution in [0, 0.1) is 5.82 Å². The molecule has 0 spiro atoms. The molecule has 1 aromatic heterocycles. The standard InChI is InChI=1S/C20H22FN3O.ClH/c21-19-8-6-17(7-9-19)15-25-20-5-2-1-4-18(20)14-22-10-3-12-24-13-11-23-16-24;/h1-2,4-9,11,13,16,22H,3,10,12,14-15H2;1H. The van der Waals surface area contributed by atoms with Crippen LogP contribution in [0.3, 0.4) is 0 Å². The molecule has 2 aromatic carbocycles. The summed E-state index contributed by atoms with van der Waals surface area (Å²) in [5.74, 6) is 0.623. The minimum absolute atomic E-state index is 0. The molecule has 0 aliphatic heterocycles. The zero-order chi connectivity index (χ0) is 17.3. The Morgan fingerprint density at radius 2 is 1.88 bits per heavy atom. The maximum atomic E-state index is 13.0. The molecule has 3 rings (SSSR count). The molecule has 0 radical (unpaired) electrons. The Labute approximate surface area is 159 Å². The van der Waals surface area contributed by atoms with Gasteiger partial charge >= 0.3 is 0 Å². The van der Waals surface area contributed by atoms with Gasteiger partial charge in [-0.1, -0.05) is 30.3 Å². The van der Waals surface area contributed by atoms with Crippen LogP contribution in [-0.4, -0.2) is 16.1 Å². The lowest BCUT2D eigenvalue weighted by molar-refractivity contribution is 0.302. The zero-order valence-electron chi connectivity index (χ0n) is 14.5. The van der Waals surface area contributed by atoms with Crippen LogP contribution in [0.1, 0.15) is 17.5 Å². The van der Waals surface area contributed by atoms with Crippen LogP contribution in [0.15, 0.2) is 67.3 Å². The summed E-state index contributed by atoms with van der Waals surface area (Å²) in [6, 6.07) is 14.4. The first-order chi connectivity index (χ1) is 12.3. The minimum atomic E-state index is -0.232. The van der Waals surface area contributed by atoms with E-state index in [2.05, 4.69) is 20.9 Å². The van der Waals surface area contributed by atoms with Crippen molar-refractivity contribution in [1.82, 2.24) is 14.9 Å². The van der Waals surface area contributed by atoms with E-state index in [-0.39, 0.29) is 18.2 Å². The van der Waals surface area contributed by atoms with Crippen molar-refractivity contribution in [3.8, 4) is 5.75 Å². The van der Waals surface area contributed by atoms with E-state index in [1.54, 1.807) is 18.3 Å². The van der Waals surface area contributed by atoms with Crippen LogP contribution in [0.5, 0.6) is 5.75 Å². The molecule has 0 saturated carbocycles. The van der Waals surface area contributed by atoms with Crippen LogP contribution in [0.2, 0.25) is 0 Å². The van der Waals surface area contributed by atoms with Gasteiger partial charge in [0.1, 0.15) is 18.2 Å². The highest BCUT2D eigenvalue weighted by molar-refractivity contribution is 5.85. The lowest BCUT2D eigenvalue weighted by Crippen LogP contribution is -2.17. The van der Waals surface area contributed by atoms with E-state index in [0.29, 0.717) is 6.61 Å².